The predicted octanol–water partition coefficient (Wildman–Crippen LogP) is 5.76. The summed E-state index contributed by atoms with van der Waals surface area (Å²) in [6, 6.07) is 12.8. The molecule has 0 fully saturated rings. The van der Waals surface area contributed by atoms with E-state index in [1.807, 2.05) is 50.6 Å². The highest BCUT2D eigenvalue weighted by Crippen LogP contribution is 2.32. The molecule has 0 unspecified atom stereocenters. The van der Waals surface area contributed by atoms with Crippen LogP contribution in [0, 0.1) is 33.5 Å². The van der Waals surface area contributed by atoms with Crippen LogP contribution in [0.5, 0.6) is 5.88 Å². The Morgan fingerprint density at radius 3 is 2.62 bits per heavy atom. The number of aromatic nitrogens is 3. The SMILES string of the molecule is CCOc1nc2c(c(C)nn2-c2cccc(C)c2)c(C)c1CCC(=O)Nc1ccc(C)c(F)c1. The second-order valence-corrected chi connectivity index (χ2v) is 8.50. The Morgan fingerprint density at radius 1 is 1.12 bits per heavy atom. The van der Waals surface area contributed by atoms with E-state index in [0.29, 0.717) is 30.2 Å². The van der Waals surface area contributed by atoms with Crippen LogP contribution in [0.1, 0.15) is 41.3 Å². The van der Waals surface area contributed by atoms with E-state index in [2.05, 4.69) is 11.4 Å². The van der Waals surface area contributed by atoms with Crippen molar-refractivity contribution in [2.24, 2.45) is 0 Å². The van der Waals surface area contributed by atoms with Crippen LogP contribution in [0.3, 0.4) is 0 Å². The van der Waals surface area contributed by atoms with Crippen molar-refractivity contribution in [2.75, 3.05) is 11.9 Å². The number of nitrogens with one attached hydrogen (secondary N) is 1. The van der Waals surface area contributed by atoms with Gasteiger partial charge in [-0.05, 0) is 82.0 Å². The van der Waals surface area contributed by atoms with Gasteiger partial charge >= 0.3 is 0 Å². The van der Waals surface area contributed by atoms with Crippen molar-refractivity contribution in [3.05, 3.63) is 76.2 Å². The third-order valence-corrected chi connectivity index (χ3v) is 5.91. The third kappa shape index (κ3) is 4.64. The van der Waals surface area contributed by atoms with Gasteiger partial charge in [-0.3, -0.25) is 4.79 Å². The van der Waals surface area contributed by atoms with Crippen LogP contribution in [0.25, 0.3) is 16.7 Å². The van der Waals surface area contributed by atoms with E-state index in [9.17, 15) is 9.18 Å². The summed E-state index contributed by atoms with van der Waals surface area (Å²) in [5.41, 5.74) is 6.53. The second kappa shape index (κ2) is 9.63. The Morgan fingerprint density at radius 2 is 1.91 bits per heavy atom. The van der Waals surface area contributed by atoms with E-state index in [0.717, 1.165) is 39.1 Å². The number of amides is 1. The van der Waals surface area contributed by atoms with Crippen molar-refractivity contribution in [1.82, 2.24) is 14.8 Å². The van der Waals surface area contributed by atoms with E-state index in [-0.39, 0.29) is 18.1 Å². The topological polar surface area (TPSA) is 69.0 Å². The van der Waals surface area contributed by atoms with Gasteiger partial charge in [-0.2, -0.15) is 10.1 Å². The molecule has 0 aliphatic carbocycles. The van der Waals surface area contributed by atoms with E-state index < -0.39 is 0 Å². The van der Waals surface area contributed by atoms with Crippen LogP contribution in [0.15, 0.2) is 42.5 Å². The Kier molecular flexibility index (Phi) is 6.63. The second-order valence-electron chi connectivity index (χ2n) is 8.50. The van der Waals surface area contributed by atoms with Gasteiger partial charge in [0.15, 0.2) is 5.65 Å². The minimum atomic E-state index is -0.344. The molecule has 0 saturated carbocycles. The Hall–Kier alpha value is -3.74. The molecule has 4 rings (SSSR count). The minimum Gasteiger partial charge on any atom is -0.478 e. The van der Waals surface area contributed by atoms with E-state index >= 15 is 0 Å². The van der Waals surface area contributed by atoms with Crippen molar-refractivity contribution in [3.8, 4) is 11.6 Å². The molecule has 2 aromatic carbocycles. The number of hydrogen-bond acceptors (Lipinski definition) is 4. The summed E-state index contributed by atoms with van der Waals surface area (Å²) in [4.78, 5) is 17.4. The zero-order valence-corrected chi connectivity index (χ0v) is 20.2. The zero-order chi connectivity index (χ0) is 24.4. The molecule has 0 bridgehead atoms. The minimum absolute atomic E-state index is 0.197. The standard InChI is InChI=1S/C27H29FN4O2/c1-6-34-27-22(12-13-24(33)29-20-11-10-17(3)23(28)15-20)18(4)25-19(5)31-32(26(25)30-27)21-9-7-8-16(2)14-21/h7-11,14-15H,6,12-13H2,1-5H3,(H,29,33). The van der Waals surface area contributed by atoms with Crippen LogP contribution >= 0.6 is 0 Å². The van der Waals surface area contributed by atoms with Gasteiger partial charge in [0.2, 0.25) is 11.8 Å². The molecule has 7 heteroatoms. The van der Waals surface area contributed by atoms with Gasteiger partial charge in [-0.1, -0.05) is 18.2 Å². The summed E-state index contributed by atoms with van der Waals surface area (Å²) in [5.74, 6) is -0.0316. The molecule has 176 valence electrons. The van der Waals surface area contributed by atoms with Gasteiger partial charge in [-0.15, -0.1) is 0 Å². The van der Waals surface area contributed by atoms with Crippen molar-refractivity contribution in [2.45, 2.75) is 47.5 Å². The van der Waals surface area contributed by atoms with Gasteiger partial charge in [0.25, 0.3) is 0 Å². The zero-order valence-electron chi connectivity index (χ0n) is 20.2. The molecule has 6 nitrogen and oxygen atoms in total. The maximum absolute atomic E-state index is 13.8. The lowest BCUT2D eigenvalue weighted by Crippen LogP contribution is -2.14. The van der Waals surface area contributed by atoms with Crippen molar-refractivity contribution in [3.63, 3.8) is 0 Å². The molecule has 0 spiro atoms. The summed E-state index contributed by atoms with van der Waals surface area (Å²) in [7, 11) is 0. The highest BCUT2D eigenvalue weighted by atomic mass is 19.1. The van der Waals surface area contributed by atoms with Crippen molar-refractivity contribution < 1.29 is 13.9 Å². The molecule has 1 amide bonds. The number of hydrogen-bond donors (Lipinski definition) is 1. The number of carbonyl (C=O) groups is 1. The summed E-state index contributed by atoms with van der Waals surface area (Å²) in [6.07, 6.45) is 0.661. The van der Waals surface area contributed by atoms with Crippen LogP contribution in [-0.4, -0.2) is 27.3 Å². The molecule has 0 atom stereocenters. The molecule has 0 aliphatic heterocycles. The molecule has 34 heavy (non-hydrogen) atoms. The van der Waals surface area contributed by atoms with Crippen molar-refractivity contribution >= 4 is 22.6 Å². The maximum Gasteiger partial charge on any atom is 0.224 e. The third-order valence-electron chi connectivity index (χ3n) is 5.91. The van der Waals surface area contributed by atoms with E-state index in [4.69, 9.17) is 14.8 Å². The number of pyridine rings is 1. The number of halogens is 1. The monoisotopic (exact) mass is 460 g/mol. The number of fused-ring (bicyclic) bond motifs is 1. The maximum atomic E-state index is 13.8. The fraction of sp³-hybridized carbons (Fsp3) is 0.296. The number of carbonyl (C=O) groups excluding carboxylic acids is 1. The predicted molar refractivity (Wildman–Crippen MR) is 132 cm³/mol. The number of rotatable bonds is 7. The summed E-state index contributed by atoms with van der Waals surface area (Å²) in [6.45, 7) is 10.1. The van der Waals surface area contributed by atoms with Gasteiger partial charge in [0.1, 0.15) is 5.82 Å². The first kappa shape index (κ1) is 23.4. The molecule has 1 N–H and O–H groups in total. The quantitative estimate of drug-likeness (QED) is 0.381. The average Bonchev–Trinajstić information content (AvgIpc) is 3.12. The molecular weight excluding hydrogens is 431 g/mol. The van der Waals surface area contributed by atoms with Crippen molar-refractivity contribution in [1.29, 1.82) is 0 Å². The first-order chi connectivity index (χ1) is 16.3. The largest absolute Gasteiger partial charge is 0.478 e. The summed E-state index contributed by atoms with van der Waals surface area (Å²) in [5, 5.41) is 8.49. The molecular formula is C27H29FN4O2. The van der Waals surface area contributed by atoms with Gasteiger partial charge < -0.3 is 10.1 Å². The first-order valence-corrected chi connectivity index (χ1v) is 11.4. The van der Waals surface area contributed by atoms with E-state index in [1.165, 1.54) is 6.07 Å². The summed E-state index contributed by atoms with van der Waals surface area (Å²) < 4.78 is 21.6. The highest BCUT2D eigenvalue weighted by Gasteiger charge is 2.21. The lowest BCUT2D eigenvalue weighted by Gasteiger charge is -2.14. The molecule has 2 heterocycles. The molecule has 0 aliphatic rings. The highest BCUT2D eigenvalue weighted by molar-refractivity contribution is 5.91. The van der Waals surface area contributed by atoms with E-state index in [1.54, 1.807) is 19.1 Å². The lowest BCUT2D eigenvalue weighted by molar-refractivity contribution is -0.116. The number of aryl methyl sites for hydroxylation is 4. The van der Waals surface area contributed by atoms with Gasteiger partial charge in [0.05, 0.1) is 18.0 Å². The van der Waals surface area contributed by atoms with Crippen LogP contribution in [0.2, 0.25) is 0 Å². The van der Waals surface area contributed by atoms with Gasteiger partial charge in [-0.25, -0.2) is 9.07 Å². The normalized spacial score (nSPS) is 11.1. The smallest absolute Gasteiger partial charge is 0.224 e. The van der Waals surface area contributed by atoms with Crippen LogP contribution < -0.4 is 10.1 Å². The van der Waals surface area contributed by atoms with Gasteiger partial charge in [0, 0.05) is 23.1 Å². The number of ether oxygens (including phenoxy) is 1. The number of nitrogens with zero attached hydrogens (tertiary/aromatic N) is 3. The molecule has 0 saturated heterocycles. The fourth-order valence-electron chi connectivity index (χ4n) is 4.16. The number of anilines is 1. The molecule has 4 aromatic rings. The van der Waals surface area contributed by atoms with Crippen LogP contribution in [0.4, 0.5) is 10.1 Å². The molecule has 2 aromatic heterocycles. The fourth-order valence-corrected chi connectivity index (χ4v) is 4.16. The first-order valence-electron chi connectivity index (χ1n) is 11.4. The number of benzene rings is 2. The Labute approximate surface area is 198 Å². The molecule has 0 radical (unpaired) electrons. The lowest BCUT2D eigenvalue weighted by atomic mass is 10.0. The Balaban J connectivity index is 1.66. The van der Waals surface area contributed by atoms with Crippen LogP contribution in [-0.2, 0) is 11.2 Å². The summed E-state index contributed by atoms with van der Waals surface area (Å²) >= 11 is 0. The average molecular weight is 461 g/mol. The Bertz CT molecular complexity index is 1380.